The molecule has 1 saturated carbocycles. The van der Waals surface area contributed by atoms with E-state index >= 15 is 0 Å². The summed E-state index contributed by atoms with van der Waals surface area (Å²) in [4.78, 5) is 7.16. The van der Waals surface area contributed by atoms with E-state index in [0.29, 0.717) is 17.5 Å². The average molecular weight is 255 g/mol. The van der Waals surface area contributed by atoms with Crippen molar-refractivity contribution in [3.8, 4) is 0 Å². The van der Waals surface area contributed by atoms with E-state index in [1.54, 1.807) is 0 Å². The van der Waals surface area contributed by atoms with Gasteiger partial charge in [0.15, 0.2) is 5.17 Å². The summed E-state index contributed by atoms with van der Waals surface area (Å²) in [6.45, 7) is 5.50. The predicted octanol–water partition coefficient (Wildman–Crippen LogP) is 2.19. The highest BCUT2D eigenvalue weighted by Gasteiger charge is 2.39. The third-order valence-electron chi connectivity index (χ3n) is 4.26. The first-order chi connectivity index (χ1) is 8.03. The Balaban J connectivity index is 1.89. The van der Waals surface area contributed by atoms with E-state index in [4.69, 9.17) is 4.99 Å². The lowest BCUT2D eigenvalue weighted by Crippen LogP contribution is -2.52. The molecule has 0 aromatic rings. The lowest BCUT2D eigenvalue weighted by Gasteiger charge is -2.46. The van der Waals surface area contributed by atoms with E-state index in [1.165, 1.54) is 25.0 Å². The van der Waals surface area contributed by atoms with Crippen molar-refractivity contribution in [1.29, 1.82) is 0 Å². The molecule has 0 bridgehead atoms. The minimum atomic E-state index is 0.352. The molecule has 0 spiro atoms. The molecule has 1 saturated heterocycles. The number of likely N-dealkylation sites (N-methyl/N-ethyl adjacent to an activating group) is 1. The zero-order chi connectivity index (χ0) is 12.5. The topological polar surface area (TPSA) is 27.6 Å². The Kier molecular flexibility index (Phi) is 4.03. The molecule has 2 fully saturated rings. The van der Waals surface area contributed by atoms with Crippen LogP contribution in [0, 0.1) is 5.92 Å². The Morgan fingerprint density at radius 3 is 2.59 bits per heavy atom. The molecule has 17 heavy (non-hydrogen) atoms. The Morgan fingerprint density at radius 1 is 1.47 bits per heavy atom. The Bertz CT molecular complexity index is 295. The van der Waals surface area contributed by atoms with Crippen molar-refractivity contribution in [3.63, 3.8) is 0 Å². The van der Waals surface area contributed by atoms with Gasteiger partial charge in [-0.25, -0.2) is 0 Å². The van der Waals surface area contributed by atoms with E-state index in [0.717, 1.165) is 11.7 Å². The van der Waals surface area contributed by atoms with Crippen LogP contribution in [-0.4, -0.2) is 48.0 Å². The first kappa shape index (κ1) is 13.2. The highest BCUT2D eigenvalue weighted by atomic mass is 32.2. The van der Waals surface area contributed by atoms with E-state index in [1.807, 2.05) is 11.8 Å². The number of rotatable bonds is 4. The number of hydrogen-bond donors (Lipinski definition) is 1. The Hall–Kier alpha value is -0.220. The summed E-state index contributed by atoms with van der Waals surface area (Å²) in [5.74, 6) is 1.87. The molecule has 1 N–H and O–H groups in total. The molecule has 4 heteroatoms. The largest absolute Gasteiger partial charge is 0.361 e. The van der Waals surface area contributed by atoms with Gasteiger partial charge in [-0.1, -0.05) is 25.6 Å². The molecule has 1 aliphatic carbocycles. The van der Waals surface area contributed by atoms with Gasteiger partial charge < -0.3 is 10.2 Å². The number of nitrogens with zero attached hydrogens (tertiary/aromatic N) is 2. The Labute approximate surface area is 109 Å². The van der Waals surface area contributed by atoms with Gasteiger partial charge in [-0.2, -0.15) is 0 Å². The normalized spacial score (nSPS) is 29.8. The third kappa shape index (κ3) is 2.79. The molecule has 0 radical (unpaired) electrons. The van der Waals surface area contributed by atoms with Gasteiger partial charge >= 0.3 is 0 Å². The fourth-order valence-electron chi connectivity index (χ4n) is 2.41. The quantitative estimate of drug-likeness (QED) is 0.834. The maximum Gasteiger partial charge on any atom is 0.156 e. The van der Waals surface area contributed by atoms with Gasteiger partial charge in [0, 0.05) is 17.3 Å². The average Bonchev–Trinajstić information content (AvgIpc) is 2.64. The smallest absolute Gasteiger partial charge is 0.156 e. The third-order valence-corrected chi connectivity index (χ3v) is 5.31. The summed E-state index contributed by atoms with van der Waals surface area (Å²) >= 11 is 1.89. The van der Waals surface area contributed by atoms with Crippen LogP contribution in [0.2, 0.25) is 0 Å². The number of nitrogens with one attached hydrogen (secondary N) is 1. The van der Waals surface area contributed by atoms with E-state index < -0.39 is 0 Å². The Morgan fingerprint density at radius 2 is 2.18 bits per heavy atom. The van der Waals surface area contributed by atoms with Crippen molar-refractivity contribution in [2.45, 2.75) is 44.7 Å². The molecule has 0 unspecified atom stereocenters. The van der Waals surface area contributed by atoms with Crippen LogP contribution in [0.1, 0.15) is 33.1 Å². The van der Waals surface area contributed by atoms with Crippen molar-refractivity contribution in [3.05, 3.63) is 0 Å². The molecule has 0 aromatic heterocycles. The molecule has 2 aliphatic rings. The summed E-state index contributed by atoms with van der Waals surface area (Å²) in [6, 6.07) is 0.607. The highest BCUT2D eigenvalue weighted by molar-refractivity contribution is 8.14. The SMILES string of the molecule is CC(C)[C@H]1CSC(=NCC2(N(C)C)CCC2)N1. The second-order valence-corrected chi connectivity index (χ2v) is 6.91. The van der Waals surface area contributed by atoms with Crippen LogP contribution in [0.15, 0.2) is 4.99 Å². The van der Waals surface area contributed by atoms with Gasteiger partial charge in [0.2, 0.25) is 0 Å². The highest BCUT2D eigenvalue weighted by Crippen LogP contribution is 2.36. The predicted molar refractivity (Wildman–Crippen MR) is 76.8 cm³/mol. The van der Waals surface area contributed by atoms with Crippen LogP contribution in [0.5, 0.6) is 0 Å². The first-order valence-corrected chi connectivity index (χ1v) is 7.63. The van der Waals surface area contributed by atoms with Crippen molar-refractivity contribution in [2.24, 2.45) is 10.9 Å². The number of amidine groups is 1. The summed E-state index contributed by atoms with van der Waals surface area (Å²) in [5.41, 5.74) is 0.352. The second kappa shape index (κ2) is 5.19. The second-order valence-electron chi connectivity index (χ2n) is 5.90. The molecular weight excluding hydrogens is 230 g/mol. The van der Waals surface area contributed by atoms with Gasteiger partial charge in [0.1, 0.15) is 0 Å². The van der Waals surface area contributed by atoms with Crippen molar-refractivity contribution < 1.29 is 0 Å². The van der Waals surface area contributed by atoms with Crippen LogP contribution in [0.25, 0.3) is 0 Å². The van der Waals surface area contributed by atoms with Crippen LogP contribution < -0.4 is 5.32 Å². The maximum absolute atomic E-state index is 4.80. The molecule has 1 heterocycles. The van der Waals surface area contributed by atoms with E-state index in [9.17, 15) is 0 Å². The summed E-state index contributed by atoms with van der Waals surface area (Å²) in [5, 5.41) is 4.71. The van der Waals surface area contributed by atoms with Gasteiger partial charge in [-0.15, -0.1) is 0 Å². The van der Waals surface area contributed by atoms with Crippen LogP contribution in [-0.2, 0) is 0 Å². The zero-order valence-electron chi connectivity index (χ0n) is 11.5. The van der Waals surface area contributed by atoms with Gasteiger partial charge in [0.25, 0.3) is 0 Å². The van der Waals surface area contributed by atoms with Crippen LogP contribution in [0.4, 0.5) is 0 Å². The van der Waals surface area contributed by atoms with Gasteiger partial charge in [-0.05, 0) is 39.3 Å². The lowest BCUT2D eigenvalue weighted by atomic mass is 9.76. The summed E-state index contributed by atoms with van der Waals surface area (Å²) in [7, 11) is 4.37. The molecule has 98 valence electrons. The summed E-state index contributed by atoms with van der Waals surface area (Å²) in [6.07, 6.45) is 3.96. The number of aliphatic imine (C=N–C) groups is 1. The molecular formula is C13H25N3S. The number of hydrogen-bond acceptors (Lipinski definition) is 3. The fourth-order valence-corrected chi connectivity index (χ4v) is 3.61. The lowest BCUT2D eigenvalue weighted by molar-refractivity contribution is 0.0700. The monoisotopic (exact) mass is 255 g/mol. The first-order valence-electron chi connectivity index (χ1n) is 6.65. The molecule has 1 aliphatic heterocycles. The van der Waals surface area contributed by atoms with Crippen LogP contribution >= 0.6 is 11.8 Å². The van der Waals surface area contributed by atoms with Crippen LogP contribution in [0.3, 0.4) is 0 Å². The molecule has 1 atom stereocenters. The maximum atomic E-state index is 4.80. The fraction of sp³-hybridized carbons (Fsp3) is 0.923. The summed E-state index contributed by atoms with van der Waals surface area (Å²) < 4.78 is 0. The molecule has 0 amide bonds. The minimum absolute atomic E-state index is 0.352. The minimum Gasteiger partial charge on any atom is -0.361 e. The number of thioether (sulfide) groups is 1. The van der Waals surface area contributed by atoms with Crippen molar-refractivity contribution in [1.82, 2.24) is 10.2 Å². The molecule has 0 aromatic carbocycles. The zero-order valence-corrected chi connectivity index (χ0v) is 12.3. The van der Waals surface area contributed by atoms with Gasteiger partial charge in [-0.3, -0.25) is 4.99 Å². The van der Waals surface area contributed by atoms with Crippen molar-refractivity contribution in [2.75, 3.05) is 26.4 Å². The van der Waals surface area contributed by atoms with Gasteiger partial charge in [0.05, 0.1) is 6.54 Å². The van der Waals surface area contributed by atoms with Crippen molar-refractivity contribution >= 4 is 16.9 Å². The van der Waals surface area contributed by atoms with E-state index in [2.05, 4.69) is 38.2 Å². The molecule has 2 rings (SSSR count). The van der Waals surface area contributed by atoms with E-state index in [-0.39, 0.29) is 0 Å². The standard InChI is InChI=1S/C13H25N3S/c1-10(2)11-8-17-12(15-11)14-9-13(16(3)4)6-5-7-13/h10-11H,5-9H2,1-4H3,(H,14,15)/t11-/m1/s1. The molecule has 3 nitrogen and oxygen atoms in total.